The Hall–Kier alpha value is -2.05. The highest BCUT2D eigenvalue weighted by molar-refractivity contribution is 7.89. The quantitative estimate of drug-likeness (QED) is 0.745. The van der Waals surface area contributed by atoms with Gasteiger partial charge < -0.3 is 10.1 Å². The van der Waals surface area contributed by atoms with Crippen molar-refractivity contribution in [2.45, 2.75) is 18.2 Å². The van der Waals surface area contributed by atoms with E-state index in [4.69, 9.17) is 4.74 Å². The van der Waals surface area contributed by atoms with E-state index in [1.807, 2.05) is 12.1 Å². The van der Waals surface area contributed by atoms with Crippen LogP contribution >= 0.6 is 0 Å². The third-order valence-corrected chi connectivity index (χ3v) is 5.52. The monoisotopic (exact) mass is 348 g/mol. The zero-order chi connectivity index (χ0) is 17.6. The fourth-order valence-electron chi connectivity index (χ4n) is 2.27. The molecule has 130 valence electrons. The van der Waals surface area contributed by atoms with Crippen LogP contribution in [-0.4, -0.2) is 40.0 Å². The summed E-state index contributed by atoms with van der Waals surface area (Å²) in [5, 5.41) is 3.36. The second-order valence-electron chi connectivity index (χ2n) is 5.54. The van der Waals surface area contributed by atoms with Crippen molar-refractivity contribution in [1.29, 1.82) is 0 Å². The molecule has 0 saturated heterocycles. The van der Waals surface area contributed by atoms with Crippen molar-refractivity contribution >= 4 is 15.7 Å². The lowest BCUT2D eigenvalue weighted by Crippen LogP contribution is -2.22. The number of rotatable bonds is 8. The molecule has 0 radical (unpaired) electrons. The average Bonchev–Trinajstić information content (AvgIpc) is 2.59. The summed E-state index contributed by atoms with van der Waals surface area (Å²) in [6.45, 7) is 3.30. The van der Waals surface area contributed by atoms with E-state index in [9.17, 15) is 8.42 Å². The summed E-state index contributed by atoms with van der Waals surface area (Å²) >= 11 is 0. The molecule has 0 saturated carbocycles. The van der Waals surface area contributed by atoms with Gasteiger partial charge in [-0.15, -0.1) is 0 Å². The SMILES string of the molecule is CCc1ccccc1NCCOc1ccc(S(=O)(=O)N(C)C)cc1. The van der Waals surface area contributed by atoms with Gasteiger partial charge in [-0.1, -0.05) is 25.1 Å². The summed E-state index contributed by atoms with van der Waals surface area (Å²) in [5.41, 5.74) is 2.40. The highest BCUT2D eigenvalue weighted by atomic mass is 32.2. The summed E-state index contributed by atoms with van der Waals surface area (Å²) in [6, 6.07) is 14.7. The molecule has 2 aromatic carbocycles. The molecular weight excluding hydrogens is 324 g/mol. The minimum atomic E-state index is -3.40. The van der Waals surface area contributed by atoms with Crippen molar-refractivity contribution in [3.8, 4) is 5.75 Å². The van der Waals surface area contributed by atoms with Gasteiger partial charge in [0.05, 0.1) is 4.90 Å². The number of benzene rings is 2. The predicted octanol–water partition coefficient (Wildman–Crippen LogP) is 2.99. The van der Waals surface area contributed by atoms with Gasteiger partial charge in [-0.05, 0) is 42.3 Å². The minimum Gasteiger partial charge on any atom is -0.492 e. The van der Waals surface area contributed by atoms with Gasteiger partial charge in [0.15, 0.2) is 0 Å². The largest absolute Gasteiger partial charge is 0.492 e. The van der Waals surface area contributed by atoms with Crippen LogP contribution in [0, 0.1) is 0 Å². The lowest BCUT2D eigenvalue weighted by atomic mass is 10.1. The van der Waals surface area contributed by atoms with E-state index >= 15 is 0 Å². The fraction of sp³-hybridized carbons (Fsp3) is 0.333. The molecule has 0 aromatic heterocycles. The van der Waals surface area contributed by atoms with Crippen LogP contribution in [0.15, 0.2) is 53.4 Å². The topological polar surface area (TPSA) is 58.6 Å². The summed E-state index contributed by atoms with van der Waals surface area (Å²) in [7, 11) is -0.370. The molecule has 0 aliphatic carbocycles. The molecular formula is C18H24N2O3S. The summed E-state index contributed by atoms with van der Waals surface area (Å²) < 4.78 is 30.8. The van der Waals surface area contributed by atoms with Crippen LogP contribution < -0.4 is 10.1 Å². The van der Waals surface area contributed by atoms with Crippen LogP contribution in [0.2, 0.25) is 0 Å². The average molecular weight is 348 g/mol. The Morgan fingerprint density at radius 1 is 1.04 bits per heavy atom. The van der Waals surface area contributed by atoms with E-state index in [0.717, 1.165) is 12.1 Å². The molecule has 0 aliphatic heterocycles. The number of hydrogen-bond acceptors (Lipinski definition) is 4. The molecule has 1 N–H and O–H groups in total. The number of ether oxygens (including phenoxy) is 1. The van der Waals surface area contributed by atoms with Gasteiger partial charge >= 0.3 is 0 Å². The highest BCUT2D eigenvalue weighted by Gasteiger charge is 2.16. The number of anilines is 1. The van der Waals surface area contributed by atoms with Crippen LogP contribution in [0.1, 0.15) is 12.5 Å². The number of nitrogens with one attached hydrogen (secondary N) is 1. The normalized spacial score (nSPS) is 11.5. The lowest BCUT2D eigenvalue weighted by Gasteiger charge is -2.13. The maximum atomic E-state index is 12.0. The third kappa shape index (κ3) is 4.49. The van der Waals surface area contributed by atoms with Gasteiger partial charge in [0.2, 0.25) is 10.0 Å². The summed E-state index contributed by atoms with van der Waals surface area (Å²) in [6.07, 6.45) is 0.978. The van der Waals surface area contributed by atoms with Crippen molar-refractivity contribution in [2.75, 3.05) is 32.6 Å². The molecule has 0 atom stereocenters. The van der Waals surface area contributed by atoms with Crippen molar-refractivity contribution in [1.82, 2.24) is 4.31 Å². The van der Waals surface area contributed by atoms with Gasteiger partial charge in [0.1, 0.15) is 12.4 Å². The molecule has 0 aliphatic rings. The van der Waals surface area contributed by atoms with Crippen molar-refractivity contribution in [2.24, 2.45) is 0 Å². The second kappa shape index (κ2) is 8.17. The number of aryl methyl sites for hydroxylation is 1. The number of para-hydroxylation sites is 1. The van der Waals surface area contributed by atoms with E-state index < -0.39 is 10.0 Å². The number of hydrogen-bond donors (Lipinski definition) is 1. The van der Waals surface area contributed by atoms with E-state index in [0.29, 0.717) is 18.9 Å². The van der Waals surface area contributed by atoms with Crippen LogP contribution in [-0.2, 0) is 16.4 Å². The zero-order valence-corrected chi connectivity index (χ0v) is 15.1. The molecule has 0 amide bonds. The van der Waals surface area contributed by atoms with E-state index in [-0.39, 0.29) is 4.90 Å². The molecule has 0 heterocycles. The Morgan fingerprint density at radius 2 is 1.71 bits per heavy atom. The summed E-state index contributed by atoms with van der Waals surface area (Å²) in [4.78, 5) is 0.259. The van der Waals surface area contributed by atoms with E-state index in [1.54, 1.807) is 24.3 Å². The molecule has 2 rings (SSSR count). The molecule has 2 aromatic rings. The molecule has 0 fully saturated rings. The Bertz CT molecular complexity index is 756. The second-order valence-corrected chi connectivity index (χ2v) is 7.70. The standard InChI is InChI=1S/C18H24N2O3S/c1-4-15-7-5-6-8-18(15)19-13-14-23-16-9-11-17(12-10-16)24(21,22)20(2)3/h5-12,19H,4,13-14H2,1-3H3. The maximum absolute atomic E-state index is 12.0. The van der Waals surface area contributed by atoms with Crippen molar-refractivity contribution in [3.05, 3.63) is 54.1 Å². The first-order chi connectivity index (χ1) is 11.4. The van der Waals surface area contributed by atoms with Crippen molar-refractivity contribution in [3.63, 3.8) is 0 Å². The molecule has 0 spiro atoms. The molecule has 24 heavy (non-hydrogen) atoms. The number of sulfonamides is 1. The van der Waals surface area contributed by atoms with Crippen LogP contribution in [0.4, 0.5) is 5.69 Å². The Labute approximate surface area is 144 Å². The van der Waals surface area contributed by atoms with Gasteiger partial charge in [-0.25, -0.2) is 12.7 Å². The van der Waals surface area contributed by atoms with Crippen LogP contribution in [0.3, 0.4) is 0 Å². The number of nitrogens with zero attached hydrogens (tertiary/aromatic N) is 1. The minimum absolute atomic E-state index is 0.259. The van der Waals surface area contributed by atoms with Crippen LogP contribution in [0.5, 0.6) is 5.75 Å². The summed E-state index contributed by atoms with van der Waals surface area (Å²) in [5.74, 6) is 0.651. The van der Waals surface area contributed by atoms with E-state index in [1.165, 1.54) is 24.0 Å². The van der Waals surface area contributed by atoms with Gasteiger partial charge in [-0.3, -0.25) is 0 Å². The molecule has 5 nitrogen and oxygen atoms in total. The van der Waals surface area contributed by atoms with Gasteiger partial charge in [0, 0.05) is 26.3 Å². The van der Waals surface area contributed by atoms with Crippen LogP contribution in [0.25, 0.3) is 0 Å². The first kappa shape index (κ1) is 18.3. The van der Waals surface area contributed by atoms with E-state index in [2.05, 4.69) is 24.4 Å². The lowest BCUT2D eigenvalue weighted by molar-refractivity contribution is 0.332. The zero-order valence-electron chi connectivity index (χ0n) is 14.3. The smallest absolute Gasteiger partial charge is 0.242 e. The Balaban J connectivity index is 1.87. The highest BCUT2D eigenvalue weighted by Crippen LogP contribution is 2.18. The Morgan fingerprint density at radius 3 is 2.33 bits per heavy atom. The Kier molecular flexibility index (Phi) is 6.23. The van der Waals surface area contributed by atoms with Gasteiger partial charge in [-0.2, -0.15) is 0 Å². The molecule has 0 unspecified atom stereocenters. The first-order valence-electron chi connectivity index (χ1n) is 7.92. The fourth-order valence-corrected chi connectivity index (χ4v) is 3.18. The predicted molar refractivity (Wildman–Crippen MR) is 97.1 cm³/mol. The third-order valence-electron chi connectivity index (χ3n) is 3.69. The molecule has 6 heteroatoms. The van der Waals surface area contributed by atoms with Crippen molar-refractivity contribution < 1.29 is 13.2 Å². The maximum Gasteiger partial charge on any atom is 0.242 e. The first-order valence-corrected chi connectivity index (χ1v) is 9.36. The molecule has 0 bridgehead atoms. The van der Waals surface area contributed by atoms with Gasteiger partial charge in [0.25, 0.3) is 0 Å².